The Morgan fingerprint density at radius 1 is 1.29 bits per heavy atom. The molecule has 0 aliphatic rings. The van der Waals surface area contributed by atoms with E-state index in [-0.39, 0.29) is 0 Å². The van der Waals surface area contributed by atoms with E-state index in [1.165, 1.54) is 12.0 Å². The van der Waals surface area contributed by atoms with Crippen LogP contribution in [0.1, 0.15) is 25.8 Å². The molecule has 17 heavy (non-hydrogen) atoms. The summed E-state index contributed by atoms with van der Waals surface area (Å²) in [5, 5.41) is 2.30. The quantitative estimate of drug-likeness (QED) is 0.785. The standard InChI is InChI=1S/C13H20BrNO2/c1-4-6-15-9-10-7-11(14)13(16-3)12(8-10)17-5-2/h7-8,15H,4-6,9H2,1-3H3/p+1. The van der Waals surface area contributed by atoms with Crippen molar-refractivity contribution in [1.82, 2.24) is 0 Å². The Morgan fingerprint density at radius 2 is 2.06 bits per heavy atom. The molecule has 0 aliphatic carbocycles. The van der Waals surface area contributed by atoms with Gasteiger partial charge in [0.15, 0.2) is 11.5 Å². The Balaban J connectivity index is 2.85. The maximum absolute atomic E-state index is 5.59. The molecule has 0 aliphatic heterocycles. The first kappa shape index (κ1) is 14.3. The van der Waals surface area contributed by atoms with E-state index in [0.717, 1.165) is 29.1 Å². The summed E-state index contributed by atoms with van der Waals surface area (Å²) in [4.78, 5) is 0. The lowest BCUT2D eigenvalue weighted by Gasteiger charge is -2.12. The second kappa shape index (κ2) is 7.56. The van der Waals surface area contributed by atoms with Crippen LogP contribution in [0.5, 0.6) is 11.5 Å². The molecule has 4 heteroatoms. The van der Waals surface area contributed by atoms with Gasteiger partial charge in [0.05, 0.1) is 24.7 Å². The van der Waals surface area contributed by atoms with Crippen LogP contribution in [-0.2, 0) is 6.54 Å². The zero-order chi connectivity index (χ0) is 12.7. The van der Waals surface area contributed by atoms with Crippen molar-refractivity contribution in [3.05, 3.63) is 22.2 Å². The van der Waals surface area contributed by atoms with Gasteiger partial charge in [-0.3, -0.25) is 0 Å². The van der Waals surface area contributed by atoms with Gasteiger partial charge in [0, 0.05) is 5.56 Å². The molecule has 0 fully saturated rings. The Hall–Kier alpha value is -0.740. The summed E-state index contributed by atoms with van der Waals surface area (Å²) in [5.74, 6) is 1.58. The Bertz CT molecular complexity index is 356. The van der Waals surface area contributed by atoms with Crippen molar-refractivity contribution >= 4 is 15.9 Å². The highest BCUT2D eigenvalue weighted by molar-refractivity contribution is 9.10. The average Bonchev–Trinajstić information content (AvgIpc) is 2.30. The molecule has 1 rings (SSSR count). The van der Waals surface area contributed by atoms with Crippen LogP contribution in [0, 0.1) is 0 Å². The molecule has 0 atom stereocenters. The Kier molecular flexibility index (Phi) is 6.37. The van der Waals surface area contributed by atoms with E-state index in [9.17, 15) is 0 Å². The zero-order valence-electron chi connectivity index (χ0n) is 10.8. The molecule has 0 radical (unpaired) electrons. The van der Waals surface area contributed by atoms with Gasteiger partial charge in [0.2, 0.25) is 0 Å². The minimum Gasteiger partial charge on any atom is -0.492 e. The number of halogens is 1. The van der Waals surface area contributed by atoms with Crippen molar-refractivity contribution in [2.45, 2.75) is 26.8 Å². The average molecular weight is 303 g/mol. The van der Waals surface area contributed by atoms with E-state index in [0.29, 0.717) is 6.61 Å². The van der Waals surface area contributed by atoms with Crippen molar-refractivity contribution in [2.24, 2.45) is 0 Å². The number of hydrogen-bond acceptors (Lipinski definition) is 2. The number of benzene rings is 1. The van der Waals surface area contributed by atoms with Gasteiger partial charge >= 0.3 is 0 Å². The van der Waals surface area contributed by atoms with Crippen LogP contribution in [0.3, 0.4) is 0 Å². The topological polar surface area (TPSA) is 35.1 Å². The second-order valence-electron chi connectivity index (χ2n) is 3.82. The van der Waals surface area contributed by atoms with E-state index in [1.54, 1.807) is 7.11 Å². The predicted molar refractivity (Wildman–Crippen MR) is 72.7 cm³/mol. The van der Waals surface area contributed by atoms with Crippen LogP contribution in [0.2, 0.25) is 0 Å². The first-order valence-electron chi connectivity index (χ1n) is 6.03. The summed E-state index contributed by atoms with van der Waals surface area (Å²) in [6, 6.07) is 4.15. The highest BCUT2D eigenvalue weighted by Crippen LogP contribution is 2.36. The fraction of sp³-hybridized carbons (Fsp3) is 0.538. The largest absolute Gasteiger partial charge is 0.492 e. The summed E-state index contributed by atoms with van der Waals surface area (Å²) in [5.41, 5.74) is 1.24. The molecule has 0 bridgehead atoms. The van der Waals surface area contributed by atoms with E-state index in [1.807, 2.05) is 6.92 Å². The van der Waals surface area contributed by atoms with Gasteiger partial charge in [-0.2, -0.15) is 0 Å². The third-order valence-electron chi connectivity index (χ3n) is 2.45. The van der Waals surface area contributed by atoms with Gasteiger partial charge in [-0.15, -0.1) is 0 Å². The maximum atomic E-state index is 5.59. The van der Waals surface area contributed by atoms with Crippen LogP contribution >= 0.6 is 15.9 Å². The maximum Gasteiger partial charge on any atom is 0.174 e. The van der Waals surface area contributed by atoms with Crippen LogP contribution in [0.15, 0.2) is 16.6 Å². The van der Waals surface area contributed by atoms with E-state index >= 15 is 0 Å². The van der Waals surface area contributed by atoms with Gasteiger partial charge in [-0.1, -0.05) is 6.92 Å². The number of ether oxygens (including phenoxy) is 2. The van der Waals surface area contributed by atoms with Crippen LogP contribution in [-0.4, -0.2) is 20.3 Å². The molecule has 3 nitrogen and oxygen atoms in total. The summed E-state index contributed by atoms with van der Waals surface area (Å²) in [6.07, 6.45) is 1.19. The molecule has 0 saturated carbocycles. The van der Waals surface area contributed by atoms with Crippen molar-refractivity contribution in [2.75, 3.05) is 20.3 Å². The molecule has 0 unspecified atom stereocenters. The van der Waals surface area contributed by atoms with Gasteiger partial charge in [-0.25, -0.2) is 0 Å². The molecule has 1 aromatic carbocycles. The first-order chi connectivity index (χ1) is 8.22. The lowest BCUT2D eigenvalue weighted by Crippen LogP contribution is -2.82. The number of nitrogens with two attached hydrogens (primary N) is 1. The number of quaternary nitrogens is 1. The summed E-state index contributed by atoms with van der Waals surface area (Å²) >= 11 is 3.52. The van der Waals surface area contributed by atoms with Crippen molar-refractivity contribution in [3.63, 3.8) is 0 Å². The van der Waals surface area contributed by atoms with Gasteiger partial charge < -0.3 is 14.8 Å². The number of hydrogen-bond donors (Lipinski definition) is 1. The molecule has 0 amide bonds. The Morgan fingerprint density at radius 3 is 2.65 bits per heavy atom. The minimum atomic E-state index is 0.644. The zero-order valence-corrected chi connectivity index (χ0v) is 12.3. The number of methoxy groups -OCH3 is 1. The molecule has 0 saturated heterocycles. The first-order valence-corrected chi connectivity index (χ1v) is 6.83. The molecular weight excluding hydrogens is 282 g/mol. The van der Waals surface area contributed by atoms with Gasteiger partial charge in [0.25, 0.3) is 0 Å². The highest BCUT2D eigenvalue weighted by atomic mass is 79.9. The van der Waals surface area contributed by atoms with Crippen molar-refractivity contribution in [1.29, 1.82) is 0 Å². The van der Waals surface area contributed by atoms with E-state index in [4.69, 9.17) is 9.47 Å². The molecule has 0 aromatic heterocycles. The fourth-order valence-corrected chi connectivity index (χ4v) is 2.32. The third kappa shape index (κ3) is 4.21. The van der Waals surface area contributed by atoms with Crippen LogP contribution in [0.25, 0.3) is 0 Å². The fourth-order valence-electron chi connectivity index (χ4n) is 1.67. The second-order valence-corrected chi connectivity index (χ2v) is 4.68. The molecule has 0 heterocycles. The molecule has 1 aromatic rings. The van der Waals surface area contributed by atoms with Crippen LogP contribution < -0.4 is 14.8 Å². The molecule has 2 N–H and O–H groups in total. The van der Waals surface area contributed by atoms with Crippen molar-refractivity contribution < 1.29 is 14.8 Å². The summed E-state index contributed by atoms with van der Waals surface area (Å²) in [6.45, 7) is 6.92. The lowest BCUT2D eigenvalue weighted by atomic mass is 10.2. The van der Waals surface area contributed by atoms with E-state index < -0.39 is 0 Å². The van der Waals surface area contributed by atoms with Gasteiger partial charge in [0.1, 0.15) is 6.54 Å². The minimum absolute atomic E-state index is 0.644. The Labute approximate surface area is 112 Å². The molecule has 96 valence electrons. The lowest BCUT2D eigenvalue weighted by molar-refractivity contribution is -0.670. The van der Waals surface area contributed by atoms with Gasteiger partial charge in [-0.05, 0) is 41.4 Å². The smallest absolute Gasteiger partial charge is 0.174 e. The normalized spacial score (nSPS) is 10.4. The van der Waals surface area contributed by atoms with E-state index in [2.05, 4.69) is 40.3 Å². The number of rotatable bonds is 7. The highest BCUT2D eigenvalue weighted by Gasteiger charge is 2.11. The summed E-state index contributed by atoms with van der Waals surface area (Å²) in [7, 11) is 1.66. The third-order valence-corrected chi connectivity index (χ3v) is 3.04. The van der Waals surface area contributed by atoms with Crippen LogP contribution in [0.4, 0.5) is 0 Å². The monoisotopic (exact) mass is 302 g/mol. The predicted octanol–water partition coefficient (Wildman–Crippen LogP) is 2.33. The molecular formula is C13H21BrNO2+. The summed E-state index contributed by atoms with van der Waals surface area (Å²) < 4.78 is 11.9. The molecule has 0 spiro atoms. The van der Waals surface area contributed by atoms with Crippen molar-refractivity contribution in [3.8, 4) is 11.5 Å². The SMILES string of the molecule is CCC[NH2+]Cc1cc(Br)c(OC)c(OCC)c1.